The predicted molar refractivity (Wildman–Crippen MR) is 70.5 cm³/mol. The summed E-state index contributed by atoms with van der Waals surface area (Å²) >= 11 is 0. The summed E-state index contributed by atoms with van der Waals surface area (Å²) in [4.78, 5) is 0. The fourth-order valence-corrected chi connectivity index (χ4v) is 2.11. The van der Waals surface area contributed by atoms with Crippen LogP contribution in [0.3, 0.4) is 0 Å². The Balaban J connectivity index is 2.42. The maximum Gasteiger partial charge on any atom is 0.0651 e. The second-order valence-corrected chi connectivity index (χ2v) is 4.57. The van der Waals surface area contributed by atoms with Crippen molar-refractivity contribution in [3.8, 4) is 5.69 Å². The predicted octanol–water partition coefficient (Wildman–Crippen LogP) is 2.30. The van der Waals surface area contributed by atoms with Crippen molar-refractivity contribution in [2.75, 3.05) is 6.54 Å². The standard InChI is InChI=1S/C14H19N3/c1-10-6-11(2)8-14(7-10)17-9-13(4-5-15)12(3)16-17/h6-9H,4-5,15H2,1-3H3. The van der Waals surface area contributed by atoms with Crippen LogP contribution in [0.5, 0.6) is 0 Å². The van der Waals surface area contributed by atoms with Crippen LogP contribution in [0, 0.1) is 20.8 Å². The van der Waals surface area contributed by atoms with Crippen molar-refractivity contribution in [3.63, 3.8) is 0 Å². The highest BCUT2D eigenvalue weighted by molar-refractivity contribution is 5.39. The topological polar surface area (TPSA) is 43.8 Å². The summed E-state index contributed by atoms with van der Waals surface area (Å²) in [5.74, 6) is 0. The molecule has 0 atom stereocenters. The summed E-state index contributed by atoms with van der Waals surface area (Å²) in [7, 11) is 0. The maximum absolute atomic E-state index is 5.59. The van der Waals surface area contributed by atoms with E-state index in [9.17, 15) is 0 Å². The normalized spacial score (nSPS) is 10.8. The molecule has 1 aromatic heterocycles. The molecule has 0 bridgehead atoms. The largest absolute Gasteiger partial charge is 0.330 e. The van der Waals surface area contributed by atoms with Crippen LogP contribution in [-0.2, 0) is 6.42 Å². The van der Waals surface area contributed by atoms with E-state index in [1.165, 1.54) is 16.7 Å². The van der Waals surface area contributed by atoms with E-state index in [1.807, 2.05) is 11.6 Å². The highest BCUT2D eigenvalue weighted by Gasteiger charge is 2.06. The Labute approximate surface area is 102 Å². The van der Waals surface area contributed by atoms with Gasteiger partial charge in [0.1, 0.15) is 0 Å². The Morgan fingerprint density at radius 3 is 2.35 bits per heavy atom. The van der Waals surface area contributed by atoms with Crippen LogP contribution in [0.25, 0.3) is 5.69 Å². The van der Waals surface area contributed by atoms with Crippen molar-refractivity contribution in [3.05, 3.63) is 46.8 Å². The number of benzene rings is 1. The van der Waals surface area contributed by atoms with E-state index in [4.69, 9.17) is 5.73 Å². The molecule has 3 nitrogen and oxygen atoms in total. The zero-order valence-electron chi connectivity index (χ0n) is 10.7. The second kappa shape index (κ2) is 4.72. The Bertz CT molecular complexity index is 506. The number of aryl methyl sites for hydroxylation is 3. The van der Waals surface area contributed by atoms with Gasteiger partial charge in [0.05, 0.1) is 11.4 Å². The number of hydrogen-bond acceptors (Lipinski definition) is 2. The molecular weight excluding hydrogens is 210 g/mol. The zero-order chi connectivity index (χ0) is 12.4. The third-order valence-corrected chi connectivity index (χ3v) is 2.89. The van der Waals surface area contributed by atoms with Gasteiger partial charge in [0.2, 0.25) is 0 Å². The highest BCUT2D eigenvalue weighted by atomic mass is 15.3. The molecule has 2 N–H and O–H groups in total. The van der Waals surface area contributed by atoms with Crippen LogP contribution in [0.2, 0.25) is 0 Å². The molecule has 0 spiro atoms. The summed E-state index contributed by atoms with van der Waals surface area (Å²) in [6.45, 7) is 6.91. The molecule has 2 aromatic rings. The molecule has 0 aliphatic heterocycles. The fraction of sp³-hybridized carbons (Fsp3) is 0.357. The van der Waals surface area contributed by atoms with Crippen LogP contribution >= 0.6 is 0 Å². The van der Waals surface area contributed by atoms with Gasteiger partial charge in [-0.3, -0.25) is 0 Å². The van der Waals surface area contributed by atoms with E-state index in [0.29, 0.717) is 6.54 Å². The van der Waals surface area contributed by atoms with Crippen molar-refractivity contribution in [2.45, 2.75) is 27.2 Å². The molecule has 2 rings (SSSR count). The van der Waals surface area contributed by atoms with E-state index in [0.717, 1.165) is 17.8 Å². The number of rotatable bonds is 3. The smallest absolute Gasteiger partial charge is 0.0651 e. The maximum atomic E-state index is 5.59. The van der Waals surface area contributed by atoms with Crippen LogP contribution in [-0.4, -0.2) is 16.3 Å². The number of nitrogens with two attached hydrogens (primary N) is 1. The van der Waals surface area contributed by atoms with Gasteiger partial charge in [0.25, 0.3) is 0 Å². The van der Waals surface area contributed by atoms with Crippen molar-refractivity contribution in [1.82, 2.24) is 9.78 Å². The summed E-state index contributed by atoms with van der Waals surface area (Å²) < 4.78 is 1.94. The first-order valence-electron chi connectivity index (χ1n) is 5.94. The quantitative estimate of drug-likeness (QED) is 0.877. The van der Waals surface area contributed by atoms with Crippen molar-refractivity contribution in [2.24, 2.45) is 5.73 Å². The van der Waals surface area contributed by atoms with Crippen LogP contribution < -0.4 is 5.73 Å². The summed E-state index contributed by atoms with van der Waals surface area (Å²) in [6.07, 6.45) is 2.97. The molecular formula is C14H19N3. The molecule has 0 amide bonds. The van der Waals surface area contributed by atoms with E-state index >= 15 is 0 Å². The minimum atomic E-state index is 0.666. The Morgan fingerprint density at radius 2 is 1.76 bits per heavy atom. The molecule has 0 radical (unpaired) electrons. The van der Waals surface area contributed by atoms with Crippen LogP contribution in [0.15, 0.2) is 24.4 Å². The number of hydrogen-bond donors (Lipinski definition) is 1. The number of aromatic nitrogens is 2. The van der Waals surface area contributed by atoms with Gasteiger partial charge >= 0.3 is 0 Å². The van der Waals surface area contributed by atoms with Crippen molar-refractivity contribution < 1.29 is 0 Å². The average Bonchev–Trinajstić information content (AvgIpc) is 2.60. The van der Waals surface area contributed by atoms with Gasteiger partial charge in [0.15, 0.2) is 0 Å². The number of nitrogens with zero attached hydrogens (tertiary/aromatic N) is 2. The molecule has 1 aromatic carbocycles. The van der Waals surface area contributed by atoms with Crippen LogP contribution in [0.4, 0.5) is 0 Å². The van der Waals surface area contributed by atoms with Crippen LogP contribution in [0.1, 0.15) is 22.4 Å². The minimum Gasteiger partial charge on any atom is -0.330 e. The van der Waals surface area contributed by atoms with E-state index in [2.05, 4.69) is 43.3 Å². The SMILES string of the molecule is Cc1cc(C)cc(-n2cc(CCN)c(C)n2)c1. The Hall–Kier alpha value is -1.61. The summed E-state index contributed by atoms with van der Waals surface area (Å²) in [6, 6.07) is 6.46. The monoisotopic (exact) mass is 229 g/mol. The van der Waals surface area contributed by atoms with E-state index < -0.39 is 0 Å². The lowest BCUT2D eigenvalue weighted by Crippen LogP contribution is -2.02. The molecule has 0 aliphatic carbocycles. The molecule has 0 saturated heterocycles. The molecule has 90 valence electrons. The van der Waals surface area contributed by atoms with Gasteiger partial charge in [-0.2, -0.15) is 5.10 Å². The Morgan fingerprint density at radius 1 is 1.12 bits per heavy atom. The van der Waals surface area contributed by atoms with Gasteiger partial charge in [-0.05, 0) is 62.6 Å². The third-order valence-electron chi connectivity index (χ3n) is 2.89. The molecule has 0 fully saturated rings. The lowest BCUT2D eigenvalue weighted by molar-refractivity contribution is 0.860. The van der Waals surface area contributed by atoms with Gasteiger partial charge in [-0.1, -0.05) is 6.07 Å². The van der Waals surface area contributed by atoms with Gasteiger partial charge in [-0.15, -0.1) is 0 Å². The second-order valence-electron chi connectivity index (χ2n) is 4.57. The Kier molecular flexibility index (Phi) is 3.29. The lowest BCUT2D eigenvalue weighted by Gasteiger charge is -2.04. The van der Waals surface area contributed by atoms with Gasteiger partial charge < -0.3 is 5.73 Å². The summed E-state index contributed by atoms with van der Waals surface area (Å²) in [5, 5.41) is 4.54. The van der Waals surface area contributed by atoms with Crippen molar-refractivity contribution >= 4 is 0 Å². The molecule has 0 aliphatic rings. The van der Waals surface area contributed by atoms with Crippen molar-refractivity contribution in [1.29, 1.82) is 0 Å². The third kappa shape index (κ3) is 2.56. The highest BCUT2D eigenvalue weighted by Crippen LogP contribution is 2.15. The van der Waals surface area contributed by atoms with E-state index in [1.54, 1.807) is 0 Å². The molecule has 3 heteroatoms. The average molecular weight is 229 g/mol. The van der Waals surface area contributed by atoms with Gasteiger partial charge in [0, 0.05) is 6.20 Å². The molecule has 1 heterocycles. The minimum absolute atomic E-state index is 0.666. The molecule has 17 heavy (non-hydrogen) atoms. The first-order valence-corrected chi connectivity index (χ1v) is 5.94. The first-order chi connectivity index (χ1) is 8.10. The molecule has 0 unspecified atom stereocenters. The zero-order valence-corrected chi connectivity index (χ0v) is 10.7. The fourth-order valence-electron chi connectivity index (χ4n) is 2.11. The van der Waals surface area contributed by atoms with Gasteiger partial charge in [-0.25, -0.2) is 4.68 Å². The first kappa shape index (κ1) is 11.9. The van der Waals surface area contributed by atoms with E-state index in [-0.39, 0.29) is 0 Å². The lowest BCUT2D eigenvalue weighted by atomic mass is 10.1. The molecule has 0 saturated carbocycles. The summed E-state index contributed by atoms with van der Waals surface area (Å²) in [5.41, 5.74) is 11.5.